The molecule has 1 aromatic rings. The molecule has 14 nitrogen and oxygen atoms in total. The van der Waals surface area contributed by atoms with Crippen LogP contribution in [0.4, 0.5) is 0 Å². The molecule has 2 rings (SSSR count). The number of carbonyl (C=O) groups excluding carboxylic acids is 5. The minimum atomic E-state index is -4.92. The number of carbonyl (C=O) groups is 5. The van der Waals surface area contributed by atoms with E-state index in [4.69, 9.17) is 15.5 Å². The topological polar surface area (TPSA) is 217 Å². The third kappa shape index (κ3) is 9.57. The summed E-state index contributed by atoms with van der Waals surface area (Å²) in [5, 5.41) is 7.29. The van der Waals surface area contributed by atoms with Crippen molar-refractivity contribution in [3.8, 4) is 0 Å². The van der Waals surface area contributed by atoms with Crippen LogP contribution in [0, 0.1) is 0 Å². The number of nitrogens with zero attached hydrogens (tertiary/aromatic N) is 1. The number of nitrogens with two attached hydrogens (primary N) is 1. The molecule has 7 N–H and O–H groups in total. The van der Waals surface area contributed by atoms with E-state index in [9.17, 15) is 28.5 Å². The third-order valence-electron chi connectivity index (χ3n) is 5.62. The Balaban J connectivity index is 2.03. The SMILES string of the molecule is CC(=O)N[C@@H](COP(=O)(O)O)C(=O)N1CCC[C@H]1C(=O)N[C@@H](C)C(=O)N[C@@H](Cc1ccccc1)C(N)=O. The van der Waals surface area contributed by atoms with Gasteiger partial charge in [0.2, 0.25) is 29.5 Å². The molecule has 1 heterocycles. The van der Waals surface area contributed by atoms with Gasteiger partial charge in [-0.3, -0.25) is 28.5 Å². The highest BCUT2D eigenvalue weighted by molar-refractivity contribution is 7.46. The fourth-order valence-electron chi connectivity index (χ4n) is 3.84. The monoisotopic (exact) mass is 541 g/mol. The minimum Gasteiger partial charge on any atom is -0.368 e. The predicted molar refractivity (Wildman–Crippen MR) is 129 cm³/mol. The molecule has 37 heavy (non-hydrogen) atoms. The fraction of sp³-hybridized carbons (Fsp3) is 0.500. The van der Waals surface area contributed by atoms with Crippen molar-refractivity contribution in [1.29, 1.82) is 0 Å². The van der Waals surface area contributed by atoms with Crippen LogP contribution < -0.4 is 21.7 Å². The molecule has 1 aliphatic heterocycles. The zero-order chi connectivity index (χ0) is 27.8. The molecular weight excluding hydrogens is 509 g/mol. The average molecular weight is 541 g/mol. The van der Waals surface area contributed by atoms with E-state index in [2.05, 4.69) is 20.5 Å². The second-order valence-corrected chi connectivity index (χ2v) is 9.85. The lowest BCUT2D eigenvalue weighted by atomic mass is 10.1. The molecule has 4 atom stereocenters. The number of hydrogen-bond acceptors (Lipinski definition) is 7. The Bertz CT molecular complexity index is 1050. The lowest BCUT2D eigenvalue weighted by molar-refractivity contribution is -0.142. The predicted octanol–water partition coefficient (Wildman–Crippen LogP) is -1.69. The van der Waals surface area contributed by atoms with Gasteiger partial charge in [0.1, 0.15) is 24.2 Å². The zero-order valence-corrected chi connectivity index (χ0v) is 21.4. The van der Waals surface area contributed by atoms with Gasteiger partial charge in [-0.15, -0.1) is 0 Å². The van der Waals surface area contributed by atoms with Crippen molar-refractivity contribution in [2.75, 3.05) is 13.2 Å². The minimum absolute atomic E-state index is 0.143. The van der Waals surface area contributed by atoms with Gasteiger partial charge in [-0.2, -0.15) is 0 Å². The van der Waals surface area contributed by atoms with Gasteiger partial charge in [0.15, 0.2) is 0 Å². The molecule has 1 aliphatic rings. The van der Waals surface area contributed by atoms with Crippen molar-refractivity contribution in [2.24, 2.45) is 5.73 Å². The summed E-state index contributed by atoms with van der Waals surface area (Å²) in [5.74, 6) is -3.46. The van der Waals surface area contributed by atoms with E-state index in [-0.39, 0.29) is 19.4 Å². The average Bonchev–Trinajstić information content (AvgIpc) is 3.30. The number of amides is 5. The Hall–Kier alpha value is -3.32. The fourth-order valence-corrected chi connectivity index (χ4v) is 4.18. The molecule has 0 radical (unpaired) electrons. The number of likely N-dealkylation sites (tertiary alicyclic amines) is 1. The molecule has 15 heteroatoms. The van der Waals surface area contributed by atoms with Crippen LogP contribution in [0.3, 0.4) is 0 Å². The molecule has 204 valence electrons. The van der Waals surface area contributed by atoms with E-state index < -0.39 is 68.1 Å². The summed E-state index contributed by atoms with van der Waals surface area (Å²) in [4.78, 5) is 81.0. The highest BCUT2D eigenvalue weighted by Gasteiger charge is 2.39. The number of nitrogens with one attached hydrogen (secondary N) is 3. The van der Waals surface area contributed by atoms with Gasteiger partial charge >= 0.3 is 7.82 Å². The summed E-state index contributed by atoms with van der Waals surface area (Å²) >= 11 is 0. The van der Waals surface area contributed by atoms with Gasteiger partial charge in [-0.25, -0.2) is 4.57 Å². The second-order valence-electron chi connectivity index (χ2n) is 8.61. The third-order valence-corrected chi connectivity index (χ3v) is 6.10. The number of primary amides is 1. The summed E-state index contributed by atoms with van der Waals surface area (Å²) in [7, 11) is -4.92. The van der Waals surface area contributed by atoms with Crippen LogP contribution in [0.2, 0.25) is 0 Å². The maximum absolute atomic E-state index is 13.0. The standard InChI is InChI=1S/C22H32N5O9P/c1-13(20(30)26-16(19(23)29)11-15-7-4-3-5-8-15)24-21(31)18-9-6-10-27(18)22(32)17(25-14(2)28)12-36-37(33,34)35/h3-5,7-8,13,16-18H,6,9-12H2,1-2H3,(H2,23,29)(H,24,31)(H,25,28)(H,26,30)(H2,33,34,35)/t13-,16-,17-,18-/m0/s1. The molecule has 0 unspecified atom stereocenters. The van der Waals surface area contributed by atoms with E-state index in [1.54, 1.807) is 30.3 Å². The van der Waals surface area contributed by atoms with Crippen molar-refractivity contribution < 1.29 is 42.8 Å². The molecule has 0 spiro atoms. The lowest BCUT2D eigenvalue weighted by Gasteiger charge is -2.29. The number of rotatable bonds is 12. The summed E-state index contributed by atoms with van der Waals surface area (Å²) in [6.45, 7) is 1.86. The smallest absolute Gasteiger partial charge is 0.368 e. The number of phosphoric acid groups is 1. The lowest BCUT2D eigenvalue weighted by Crippen LogP contribution is -2.57. The van der Waals surface area contributed by atoms with E-state index in [1.165, 1.54) is 6.92 Å². The summed E-state index contributed by atoms with van der Waals surface area (Å²) in [6.07, 6.45) is 0.863. The van der Waals surface area contributed by atoms with Gasteiger partial charge in [0.05, 0.1) is 6.61 Å². The van der Waals surface area contributed by atoms with Gasteiger partial charge in [0.25, 0.3) is 0 Å². The van der Waals surface area contributed by atoms with Crippen LogP contribution >= 0.6 is 7.82 Å². The maximum atomic E-state index is 13.0. The first kappa shape index (κ1) is 29.9. The first-order valence-corrected chi connectivity index (χ1v) is 13.0. The molecule has 0 saturated carbocycles. The van der Waals surface area contributed by atoms with E-state index in [0.29, 0.717) is 6.42 Å². The Morgan fingerprint density at radius 1 is 1.11 bits per heavy atom. The molecule has 1 saturated heterocycles. The van der Waals surface area contributed by atoms with Crippen molar-refractivity contribution in [3.63, 3.8) is 0 Å². The Morgan fingerprint density at radius 2 is 1.76 bits per heavy atom. The van der Waals surface area contributed by atoms with Gasteiger partial charge in [-0.1, -0.05) is 30.3 Å². The number of benzene rings is 1. The summed E-state index contributed by atoms with van der Waals surface area (Å²) in [6, 6.07) is 4.40. The highest BCUT2D eigenvalue weighted by atomic mass is 31.2. The summed E-state index contributed by atoms with van der Waals surface area (Å²) < 4.78 is 15.4. The quantitative estimate of drug-likeness (QED) is 0.166. The summed E-state index contributed by atoms with van der Waals surface area (Å²) in [5.41, 5.74) is 6.20. The first-order chi connectivity index (χ1) is 17.3. The Morgan fingerprint density at radius 3 is 2.32 bits per heavy atom. The number of phosphoric ester groups is 1. The molecule has 1 aromatic carbocycles. The number of hydrogen-bond donors (Lipinski definition) is 6. The highest BCUT2D eigenvalue weighted by Crippen LogP contribution is 2.35. The van der Waals surface area contributed by atoms with Gasteiger partial charge in [-0.05, 0) is 25.3 Å². The molecule has 1 fully saturated rings. The van der Waals surface area contributed by atoms with Crippen LogP contribution in [-0.2, 0) is 39.5 Å². The largest absolute Gasteiger partial charge is 0.469 e. The maximum Gasteiger partial charge on any atom is 0.469 e. The zero-order valence-electron chi connectivity index (χ0n) is 20.5. The van der Waals surface area contributed by atoms with Crippen molar-refractivity contribution in [1.82, 2.24) is 20.9 Å². The molecule has 0 aliphatic carbocycles. The Kier molecular flexibility index (Phi) is 10.7. The normalized spacial score (nSPS) is 17.8. The molecular formula is C22H32N5O9P. The van der Waals surface area contributed by atoms with Crippen molar-refractivity contribution in [2.45, 2.75) is 57.3 Å². The van der Waals surface area contributed by atoms with Gasteiger partial charge in [0, 0.05) is 19.9 Å². The van der Waals surface area contributed by atoms with Crippen molar-refractivity contribution in [3.05, 3.63) is 35.9 Å². The molecule has 5 amide bonds. The van der Waals surface area contributed by atoms with Crippen LogP contribution in [0.15, 0.2) is 30.3 Å². The van der Waals surface area contributed by atoms with Crippen LogP contribution in [0.1, 0.15) is 32.3 Å². The van der Waals surface area contributed by atoms with E-state index in [1.807, 2.05) is 0 Å². The first-order valence-electron chi connectivity index (χ1n) is 11.5. The molecule has 0 aromatic heterocycles. The van der Waals surface area contributed by atoms with Crippen molar-refractivity contribution >= 4 is 37.4 Å². The second kappa shape index (κ2) is 13.3. The van der Waals surface area contributed by atoms with E-state index >= 15 is 0 Å². The van der Waals surface area contributed by atoms with Crippen LogP contribution in [0.5, 0.6) is 0 Å². The molecule has 0 bridgehead atoms. The Labute approximate surface area is 213 Å². The van der Waals surface area contributed by atoms with Crippen LogP contribution in [0.25, 0.3) is 0 Å². The van der Waals surface area contributed by atoms with Gasteiger partial charge < -0.3 is 36.4 Å². The van der Waals surface area contributed by atoms with E-state index in [0.717, 1.165) is 17.4 Å². The van der Waals surface area contributed by atoms with Crippen LogP contribution in [-0.4, -0.2) is 81.5 Å².